The third kappa shape index (κ3) is 3.47. The van der Waals surface area contributed by atoms with Crippen LogP contribution in [0.15, 0.2) is 34.1 Å². The zero-order valence-electron chi connectivity index (χ0n) is 9.29. The molecule has 6 heteroatoms. The van der Waals surface area contributed by atoms with Crippen LogP contribution in [-0.2, 0) is 6.42 Å². The third-order valence-corrected chi connectivity index (χ3v) is 4.86. The van der Waals surface area contributed by atoms with Crippen molar-refractivity contribution in [2.75, 3.05) is 0 Å². The minimum absolute atomic E-state index is 0.0539. The number of hydrazine groups is 1. The molecule has 0 aliphatic heterocycles. The second kappa shape index (κ2) is 6.37. The van der Waals surface area contributed by atoms with Crippen LogP contribution in [0.2, 0.25) is 10.0 Å². The molecular weight excluding hydrogens is 355 g/mol. The molecule has 1 aromatic heterocycles. The molecule has 0 saturated carbocycles. The van der Waals surface area contributed by atoms with Crippen LogP contribution >= 0.6 is 50.5 Å². The topological polar surface area (TPSA) is 38.0 Å². The quantitative estimate of drug-likeness (QED) is 0.615. The van der Waals surface area contributed by atoms with E-state index in [0.717, 1.165) is 16.5 Å². The van der Waals surface area contributed by atoms with Crippen molar-refractivity contribution in [3.63, 3.8) is 0 Å². The molecule has 2 rings (SSSR count). The van der Waals surface area contributed by atoms with Gasteiger partial charge in [-0.1, -0.05) is 23.2 Å². The van der Waals surface area contributed by atoms with Crippen molar-refractivity contribution in [1.29, 1.82) is 0 Å². The number of halogens is 3. The Morgan fingerprint density at radius 2 is 2.11 bits per heavy atom. The smallest absolute Gasteiger partial charge is 0.0523 e. The maximum atomic E-state index is 6.18. The van der Waals surface area contributed by atoms with Crippen LogP contribution in [0.5, 0.6) is 0 Å². The van der Waals surface area contributed by atoms with Gasteiger partial charge in [-0.15, -0.1) is 11.3 Å². The molecule has 1 aromatic carbocycles. The molecule has 0 aliphatic rings. The summed E-state index contributed by atoms with van der Waals surface area (Å²) in [7, 11) is 0. The summed E-state index contributed by atoms with van der Waals surface area (Å²) in [4.78, 5) is 1.22. The van der Waals surface area contributed by atoms with E-state index in [2.05, 4.69) is 27.4 Å². The molecule has 0 spiro atoms. The van der Waals surface area contributed by atoms with E-state index >= 15 is 0 Å². The minimum Gasteiger partial charge on any atom is -0.271 e. The predicted octanol–water partition coefficient (Wildman–Crippen LogP) is 4.56. The Balaban J connectivity index is 2.25. The van der Waals surface area contributed by atoms with Crippen molar-refractivity contribution < 1.29 is 0 Å². The van der Waals surface area contributed by atoms with E-state index in [-0.39, 0.29) is 6.04 Å². The van der Waals surface area contributed by atoms with Crippen LogP contribution < -0.4 is 11.3 Å². The summed E-state index contributed by atoms with van der Waals surface area (Å²) in [5.41, 5.74) is 3.71. The molecule has 0 radical (unpaired) electrons. The van der Waals surface area contributed by atoms with Crippen LogP contribution in [0.3, 0.4) is 0 Å². The Morgan fingerprint density at radius 3 is 2.72 bits per heavy atom. The van der Waals surface area contributed by atoms with Gasteiger partial charge in [0.05, 0.1) is 6.04 Å². The lowest BCUT2D eigenvalue weighted by atomic mass is 10.0. The van der Waals surface area contributed by atoms with Gasteiger partial charge in [-0.05, 0) is 45.8 Å². The highest BCUT2D eigenvalue weighted by molar-refractivity contribution is 9.10. The van der Waals surface area contributed by atoms with Gasteiger partial charge in [-0.2, -0.15) is 0 Å². The number of nitrogens with one attached hydrogen (secondary N) is 1. The largest absolute Gasteiger partial charge is 0.271 e. The maximum Gasteiger partial charge on any atom is 0.0523 e. The SMILES string of the molecule is NNC(Cc1cc(Br)cs1)c1cc(Cl)ccc1Cl. The monoisotopic (exact) mass is 364 g/mol. The van der Waals surface area contributed by atoms with Crippen LogP contribution in [0.4, 0.5) is 0 Å². The van der Waals surface area contributed by atoms with Crippen molar-refractivity contribution in [2.45, 2.75) is 12.5 Å². The highest BCUT2D eigenvalue weighted by Gasteiger charge is 2.15. The molecule has 1 atom stereocenters. The summed E-state index contributed by atoms with van der Waals surface area (Å²) in [6, 6.07) is 7.42. The van der Waals surface area contributed by atoms with Crippen molar-refractivity contribution in [3.05, 3.63) is 54.6 Å². The van der Waals surface area contributed by atoms with Gasteiger partial charge in [0.1, 0.15) is 0 Å². The van der Waals surface area contributed by atoms with Crippen molar-refractivity contribution in [3.8, 4) is 0 Å². The molecule has 0 fully saturated rings. The van der Waals surface area contributed by atoms with E-state index in [0.29, 0.717) is 10.0 Å². The summed E-state index contributed by atoms with van der Waals surface area (Å²) in [5, 5.41) is 3.36. The van der Waals surface area contributed by atoms with Gasteiger partial charge in [0.25, 0.3) is 0 Å². The zero-order valence-corrected chi connectivity index (χ0v) is 13.2. The van der Waals surface area contributed by atoms with Gasteiger partial charge in [0, 0.05) is 31.2 Å². The van der Waals surface area contributed by atoms with Gasteiger partial charge < -0.3 is 0 Å². The molecule has 0 saturated heterocycles. The first-order valence-corrected chi connectivity index (χ1v) is 7.67. The summed E-state index contributed by atoms with van der Waals surface area (Å²) in [6.45, 7) is 0. The average molecular weight is 366 g/mol. The molecule has 18 heavy (non-hydrogen) atoms. The molecule has 1 heterocycles. The Labute approximate surface area is 128 Å². The fourth-order valence-electron chi connectivity index (χ4n) is 1.70. The first kappa shape index (κ1) is 14.3. The minimum atomic E-state index is -0.0539. The second-order valence-corrected chi connectivity index (χ2v) is 6.58. The number of rotatable bonds is 4. The standard InChI is InChI=1S/C12H11BrCl2N2S/c13-7-3-9(18-6-7)5-12(17-16)10-4-8(14)1-2-11(10)15/h1-4,6,12,17H,5,16H2. The van der Waals surface area contributed by atoms with Crippen molar-refractivity contribution in [2.24, 2.45) is 5.84 Å². The van der Waals surface area contributed by atoms with E-state index < -0.39 is 0 Å². The number of hydrogen-bond acceptors (Lipinski definition) is 3. The lowest BCUT2D eigenvalue weighted by Gasteiger charge is -2.17. The molecule has 0 amide bonds. The van der Waals surface area contributed by atoms with E-state index in [1.165, 1.54) is 4.88 Å². The summed E-state index contributed by atoms with van der Waals surface area (Å²) < 4.78 is 1.08. The van der Waals surface area contributed by atoms with Gasteiger partial charge in [0.2, 0.25) is 0 Å². The Morgan fingerprint density at radius 1 is 1.33 bits per heavy atom. The van der Waals surface area contributed by atoms with E-state index in [4.69, 9.17) is 29.0 Å². The molecule has 1 unspecified atom stereocenters. The number of hydrogen-bond donors (Lipinski definition) is 2. The van der Waals surface area contributed by atoms with Crippen molar-refractivity contribution in [1.82, 2.24) is 5.43 Å². The summed E-state index contributed by atoms with van der Waals surface area (Å²) >= 11 is 17.3. The molecule has 0 aliphatic carbocycles. The Kier molecular flexibility index (Phi) is 5.06. The molecule has 96 valence electrons. The summed E-state index contributed by atoms with van der Waals surface area (Å²) in [6.07, 6.45) is 0.771. The van der Waals surface area contributed by atoms with E-state index in [9.17, 15) is 0 Å². The number of nitrogens with two attached hydrogens (primary N) is 1. The molecular formula is C12H11BrCl2N2S. The second-order valence-electron chi connectivity index (χ2n) is 3.82. The van der Waals surface area contributed by atoms with Crippen LogP contribution in [0, 0.1) is 0 Å². The van der Waals surface area contributed by atoms with Crippen LogP contribution in [0.25, 0.3) is 0 Å². The fraction of sp³-hybridized carbons (Fsp3) is 0.167. The first-order chi connectivity index (χ1) is 8.60. The van der Waals surface area contributed by atoms with Crippen LogP contribution in [0.1, 0.15) is 16.5 Å². The highest BCUT2D eigenvalue weighted by Crippen LogP contribution is 2.30. The third-order valence-electron chi connectivity index (χ3n) is 2.56. The average Bonchev–Trinajstić information content (AvgIpc) is 2.75. The Bertz CT molecular complexity index is 545. The molecule has 2 nitrogen and oxygen atoms in total. The van der Waals surface area contributed by atoms with Crippen LogP contribution in [-0.4, -0.2) is 0 Å². The van der Waals surface area contributed by atoms with Crippen molar-refractivity contribution >= 4 is 50.5 Å². The van der Waals surface area contributed by atoms with Gasteiger partial charge >= 0.3 is 0 Å². The lowest BCUT2D eigenvalue weighted by Crippen LogP contribution is -2.29. The lowest BCUT2D eigenvalue weighted by molar-refractivity contribution is 0.556. The highest BCUT2D eigenvalue weighted by atomic mass is 79.9. The molecule has 3 N–H and O–H groups in total. The van der Waals surface area contributed by atoms with Gasteiger partial charge in [-0.3, -0.25) is 11.3 Å². The van der Waals surface area contributed by atoms with E-state index in [1.807, 2.05) is 11.4 Å². The normalized spacial score (nSPS) is 12.7. The number of thiophene rings is 1. The number of benzene rings is 1. The fourth-order valence-corrected chi connectivity index (χ4v) is 3.63. The summed E-state index contributed by atoms with van der Waals surface area (Å²) in [5.74, 6) is 5.62. The van der Waals surface area contributed by atoms with Gasteiger partial charge in [0.15, 0.2) is 0 Å². The van der Waals surface area contributed by atoms with E-state index in [1.54, 1.807) is 23.5 Å². The van der Waals surface area contributed by atoms with Gasteiger partial charge in [-0.25, -0.2) is 0 Å². The Hall–Kier alpha value is -0.100. The molecule has 0 bridgehead atoms. The maximum absolute atomic E-state index is 6.18. The first-order valence-electron chi connectivity index (χ1n) is 5.24. The zero-order chi connectivity index (χ0) is 13.1. The molecule has 2 aromatic rings. The predicted molar refractivity (Wildman–Crippen MR) is 82.2 cm³/mol.